The maximum atomic E-state index is 9.58. The van der Waals surface area contributed by atoms with Gasteiger partial charge >= 0.3 is 0 Å². The van der Waals surface area contributed by atoms with Crippen molar-refractivity contribution in [2.45, 2.75) is 6.92 Å². The number of aromatic hydroxyl groups is 2. The molecule has 3 rings (SSSR count). The lowest BCUT2D eigenvalue weighted by molar-refractivity contribution is 0.340. The second-order valence-electron chi connectivity index (χ2n) is 4.70. The Balaban J connectivity index is 1.88. The third kappa shape index (κ3) is 2.89. The molecular formula is C17H15NO3S. The summed E-state index contributed by atoms with van der Waals surface area (Å²) in [5.74, 6) is 0.560. The highest BCUT2D eigenvalue weighted by Crippen LogP contribution is 2.33. The Kier molecular flexibility index (Phi) is 3.98. The molecule has 0 unspecified atom stereocenters. The molecular weight excluding hydrogens is 298 g/mol. The summed E-state index contributed by atoms with van der Waals surface area (Å²) in [5.41, 5.74) is 2.55. The molecule has 1 heterocycles. The molecule has 5 heteroatoms. The molecule has 0 aliphatic rings. The minimum absolute atomic E-state index is 0.134. The van der Waals surface area contributed by atoms with Crippen molar-refractivity contribution in [2.24, 2.45) is 0 Å². The average Bonchev–Trinajstić information content (AvgIpc) is 3.01. The van der Waals surface area contributed by atoms with Crippen LogP contribution in [0, 0.1) is 0 Å². The van der Waals surface area contributed by atoms with E-state index in [1.165, 1.54) is 23.5 Å². The summed E-state index contributed by atoms with van der Waals surface area (Å²) in [7, 11) is 0. The first-order chi connectivity index (χ1) is 10.7. The van der Waals surface area contributed by atoms with Crippen LogP contribution in [-0.2, 0) is 0 Å². The standard InChI is InChI=1S/C17H15NO3S/c1-2-21-13-6-3-11(4-7-13)17-18-14(10-22-17)12-5-8-15(19)16(20)9-12/h3-10,19-20H,2H2,1H3. The lowest BCUT2D eigenvalue weighted by Gasteiger charge is -2.03. The Morgan fingerprint density at radius 3 is 2.41 bits per heavy atom. The van der Waals surface area contributed by atoms with Gasteiger partial charge in [-0.2, -0.15) is 0 Å². The van der Waals surface area contributed by atoms with E-state index in [0.717, 1.165) is 27.6 Å². The van der Waals surface area contributed by atoms with Crippen LogP contribution in [0.4, 0.5) is 0 Å². The predicted octanol–water partition coefficient (Wildman–Crippen LogP) is 4.29. The number of hydrogen-bond donors (Lipinski definition) is 2. The quantitative estimate of drug-likeness (QED) is 0.705. The van der Waals surface area contributed by atoms with Crippen molar-refractivity contribution in [2.75, 3.05) is 6.61 Å². The fraction of sp³-hybridized carbons (Fsp3) is 0.118. The summed E-state index contributed by atoms with van der Waals surface area (Å²) in [6, 6.07) is 12.5. The number of thiazole rings is 1. The molecule has 0 saturated heterocycles. The van der Waals surface area contributed by atoms with Crippen LogP contribution in [0.2, 0.25) is 0 Å². The summed E-state index contributed by atoms with van der Waals surface area (Å²) < 4.78 is 5.43. The van der Waals surface area contributed by atoms with E-state index in [-0.39, 0.29) is 11.5 Å². The lowest BCUT2D eigenvalue weighted by Crippen LogP contribution is -1.90. The van der Waals surface area contributed by atoms with Gasteiger partial charge in [-0.25, -0.2) is 4.98 Å². The molecule has 0 aliphatic carbocycles. The third-order valence-electron chi connectivity index (χ3n) is 3.19. The summed E-state index contributed by atoms with van der Waals surface area (Å²) in [6.45, 7) is 2.60. The molecule has 2 aromatic carbocycles. The van der Waals surface area contributed by atoms with Gasteiger partial charge in [-0.05, 0) is 49.4 Å². The zero-order chi connectivity index (χ0) is 15.5. The maximum Gasteiger partial charge on any atom is 0.158 e. The Labute approximate surface area is 132 Å². The number of benzene rings is 2. The summed E-state index contributed by atoms with van der Waals surface area (Å²) in [6.07, 6.45) is 0. The summed E-state index contributed by atoms with van der Waals surface area (Å²) >= 11 is 1.53. The van der Waals surface area contributed by atoms with Crippen molar-refractivity contribution in [3.8, 4) is 39.1 Å². The monoisotopic (exact) mass is 313 g/mol. The van der Waals surface area contributed by atoms with E-state index in [4.69, 9.17) is 4.74 Å². The van der Waals surface area contributed by atoms with E-state index in [1.807, 2.05) is 36.6 Å². The SMILES string of the molecule is CCOc1ccc(-c2nc(-c3ccc(O)c(O)c3)cs2)cc1. The first-order valence-electron chi connectivity index (χ1n) is 6.88. The second kappa shape index (κ2) is 6.07. The molecule has 0 fully saturated rings. The molecule has 1 aromatic heterocycles. The number of nitrogens with zero attached hydrogens (tertiary/aromatic N) is 1. The highest BCUT2D eigenvalue weighted by Gasteiger charge is 2.09. The number of rotatable bonds is 4. The molecule has 0 radical (unpaired) electrons. The lowest BCUT2D eigenvalue weighted by atomic mass is 10.1. The van der Waals surface area contributed by atoms with Gasteiger partial charge in [0.15, 0.2) is 11.5 Å². The number of phenols is 2. The number of ether oxygens (including phenoxy) is 1. The van der Waals surface area contributed by atoms with Crippen molar-refractivity contribution >= 4 is 11.3 Å². The van der Waals surface area contributed by atoms with Crippen molar-refractivity contribution in [3.63, 3.8) is 0 Å². The van der Waals surface area contributed by atoms with Crippen LogP contribution in [0.25, 0.3) is 21.8 Å². The number of aromatic nitrogens is 1. The Morgan fingerprint density at radius 2 is 1.73 bits per heavy atom. The van der Waals surface area contributed by atoms with Gasteiger partial charge in [0.2, 0.25) is 0 Å². The molecule has 4 nitrogen and oxygen atoms in total. The second-order valence-corrected chi connectivity index (χ2v) is 5.56. The van der Waals surface area contributed by atoms with Gasteiger partial charge in [0.25, 0.3) is 0 Å². The fourth-order valence-corrected chi connectivity index (χ4v) is 2.92. The molecule has 22 heavy (non-hydrogen) atoms. The highest BCUT2D eigenvalue weighted by molar-refractivity contribution is 7.13. The Hall–Kier alpha value is -2.53. The first-order valence-corrected chi connectivity index (χ1v) is 7.76. The number of phenolic OH excluding ortho intramolecular Hbond substituents is 2. The van der Waals surface area contributed by atoms with Crippen LogP contribution < -0.4 is 4.74 Å². The van der Waals surface area contributed by atoms with Crippen LogP contribution in [0.3, 0.4) is 0 Å². The van der Waals surface area contributed by atoms with Crippen molar-refractivity contribution in [3.05, 3.63) is 47.8 Å². The Morgan fingerprint density at radius 1 is 1.00 bits per heavy atom. The van der Waals surface area contributed by atoms with Crippen molar-refractivity contribution in [1.82, 2.24) is 4.98 Å². The molecule has 0 aliphatic heterocycles. The number of hydrogen-bond acceptors (Lipinski definition) is 5. The molecule has 2 N–H and O–H groups in total. The van der Waals surface area contributed by atoms with Crippen LogP contribution in [0.1, 0.15) is 6.92 Å². The van der Waals surface area contributed by atoms with Gasteiger partial charge in [-0.1, -0.05) is 0 Å². The van der Waals surface area contributed by atoms with Crippen LogP contribution >= 0.6 is 11.3 Å². The zero-order valence-electron chi connectivity index (χ0n) is 12.0. The predicted molar refractivity (Wildman–Crippen MR) is 87.5 cm³/mol. The van der Waals surface area contributed by atoms with Crippen LogP contribution in [0.5, 0.6) is 17.2 Å². The first kappa shape index (κ1) is 14.4. The van der Waals surface area contributed by atoms with E-state index in [2.05, 4.69) is 4.98 Å². The van der Waals surface area contributed by atoms with Gasteiger partial charge in [-0.15, -0.1) is 11.3 Å². The largest absolute Gasteiger partial charge is 0.504 e. The smallest absolute Gasteiger partial charge is 0.158 e. The van der Waals surface area contributed by atoms with Gasteiger partial charge in [-0.3, -0.25) is 0 Å². The van der Waals surface area contributed by atoms with Gasteiger partial charge in [0.1, 0.15) is 10.8 Å². The van der Waals surface area contributed by atoms with E-state index >= 15 is 0 Å². The summed E-state index contributed by atoms with van der Waals surface area (Å²) in [4.78, 5) is 4.58. The molecule has 0 atom stereocenters. The van der Waals surface area contributed by atoms with E-state index in [1.54, 1.807) is 6.07 Å². The highest BCUT2D eigenvalue weighted by atomic mass is 32.1. The Bertz CT molecular complexity index is 781. The topological polar surface area (TPSA) is 62.6 Å². The average molecular weight is 313 g/mol. The normalized spacial score (nSPS) is 10.6. The van der Waals surface area contributed by atoms with E-state index in [0.29, 0.717) is 6.61 Å². The van der Waals surface area contributed by atoms with E-state index in [9.17, 15) is 10.2 Å². The van der Waals surface area contributed by atoms with Gasteiger partial charge in [0.05, 0.1) is 12.3 Å². The molecule has 112 valence electrons. The van der Waals surface area contributed by atoms with E-state index < -0.39 is 0 Å². The molecule has 0 amide bonds. The fourth-order valence-electron chi connectivity index (χ4n) is 2.08. The summed E-state index contributed by atoms with van der Waals surface area (Å²) in [5, 5.41) is 21.8. The zero-order valence-corrected chi connectivity index (χ0v) is 12.8. The van der Waals surface area contributed by atoms with Gasteiger partial charge in [0, 0.05) is 16.5 Å². The molecule has 3 aromatic rings. The molecule has 0 spiro atoms. The van der Waals surface area contributed by atoms with Crippen LogP contribution in [0.15, 0.2) is 47.8 Å². The molecule has 0 saturated carbocycles. The minimum atomic E-state index is -0.145. The van der Waals surface area contributed by atoms with Crippen LogP contribution in [-0.4, -0.2) is 21.8 Å². The maximum absolute atomic E-state index is 9.58. The minimum Gasteiger partial charge on any atom is -0.504 e. The van der Waals surface area contributed by atoms with Crippen molar-refractivity contribution < 1.29 is 14.9 Å². The van der Waals surface area contributed by atoms with Gasteiger partial charge < -0.3 is 14.9 Å². The third-order valence-corrected chi connectivity index (χ3v) is 4.08. The van der Waals surface area contributed by atoms with Crippen molar-refractivity contribution in [1.29, 1.82) is 0 Å². The molecule has 0 bridgehead atoms.